The second kappa shape index (κ2) is 16.0. The van der Waals surface area contributed by atoms with Gasteiger partial charge in [0.2, 0.25) is 23.8 Å². The Kier molecular flexibility index (Phi) is 10.5. The van der Waals surface area contributed by atoms with Crippen LogP contribution in [0.5, 0.6) is 5.75 Å². The number of amides is 3. The zero-order valence-corrected chi connectivity index (χ0v) is 29.1. The highest BCUT2D eigenvalue weighted by Crippen LogP contribution is 2.37. The summed E-state index contributed by atoms with van der Waals surface area (Å²) in [7, 11) is 1.62. The predicted octanol–water partition coefficient (Wildman–Crippen LogP) is 6.06. The summed E-state index contributed by atoms with van der Waals surface area (Å²) in [5.74, 6) is 1.01. The summed E-state index contributed by atoms with van der Waals surface area (Å²) in [5.41, 5.74) is 8.83. The highest BCUT2D eigenvalue weighted by Gasteiger charge is 2.35. The number of nitrogens with zero attached hydrogens (tertiary/aromatic N) is 4. The standard InChI is InChI=1S/C41H39N9O3/c1-53-35-23-21-30(22-24-35)26-43-38-46-37(47-39(48-38)49-50-28-36(51)45-40(50)52)42-25-29-17-19-31(20-18-29)27-44-41(32-11-5-2-6-12-32,33-13-7-3-8-14-33)34-15-9-4-10-16-34/h2-24,44H,25-28H2,1H3,(H,45,51,52)(H3,42,43,46,47,48,49). The SMILES string of the molecule is COc1ccc(CNc2nc(NCc3ccc(CNC(c4ccccc4)(c4ccccc4)c4ccccc4)cc3)nc(NN3CC(=O)NC3=O)n2)cc1. The predicted molar refractivity (Wildman–Crippen MR) is 204 cm³/mol. The van der Waals surface area contributed by atoms with Crippen LogP contribution in [-0.2, 0) is 30.0 Å². The molecule has 0 bridgehead atoms. The van der Waals surface area contributed by atoms with E-state index in [9.17, 15) is 9.59 Å². The summed E-state index contributed by atoms with van der Waals surface area (Å²) in [6, 6.07) is 47.0. The van der Waals surface area contributed by atoms with Gasteiger partial charge in [-0.3, -0.25) is 20.9 Å². The van der Waals surface area contributed by atoms with Gasteiger partial charge < -0.3 is 15.4 Å². The van der Waals surface area contributed by atoms with Crippen molar-refractivity contribution in [2.24, 2.45) is 0 Å². The van der Waals surface area contributed by atoms with Crippen LogP contribution in [0.1, 0.15) is 33.4 Å². The van der Waals surface area contributed by atoms with E-state index in [0.717, 1.165) is 44.1 Å². The number of anilines is 3. The second-order valence-electron chi connectivity index (χ2n) is 12.4. The van der Waals surface area contributed by atoms with Gasteiger partial charge in [0.1, 0.15) is 12.3 Å². The van der Waals surface area contributed by atoms with Gasteiger partial charge in [0.25, 0.3) is 0 Å². The number of urea groups is 1. The lowest BCUT2D eigenvalue weighted by molar-refractivity contribution is -0.118. The molecule has 5 N–H and O–H groups in total. The molecule has 0 spiro atoms. The molecular weight excluding hydrogens is 667 g/mol. The van der Waals surface area contributed by atoms with Crippen LogP contribution in [0.3, 0.4) is 0 Å². The summed E-state index contributed by atoms with van der Waals surface area (Å²) in [6.07, 6.45) is 0. The van der Waals surface area contributed by atoms with Crippen LogP contribution in [0.4, 0.5) is 22.6 Å². The molecule has 0 saturated carbocycles. The molecule has 0 atom stereocenters. The van der Waals surface area contributed by atoms with Gasteiger partial charge >= 0.3 is 6.03 Å². The highest BCUT2D eigenvalue weighted by molar-refractivity contribution is 6.02. The van der Waals surface area contributed by atoms with Crippen LogP contribution >= 0.6 is 0 Å². The Morgan fingerprint density at radius 1 is 0.604 bits per heavy atom. The Morgan fingerprint density at radius 3 is 1.47 bits per heavy atom. The summed E-state index contributed by atoms with van der Waals surface area (Å²) < 4.78 is 5.25. The fourth-order valence-electron chi connectivity index (χ4n) is 6.22. The van der Waals surface area contributed by atoms with Crippen molar-refractivity contribution in [3.05, 3.63) is 173 Å². The third kappa shape index (κ3) is 8.24. The molecule has 0 unspecified atom stereocenters. The van der Waals surface area contributed by atoms with E-state index in [-0.39, 0.29) is 24.4 Å². The minimum absolute atomic E-state index is 0.102. The zero-order chi connectivity index (χ0) is 36.5. The third-order valence-electron chi connectivity index (χ3n) is 8.92. The first-order valence-electron chi connectivity index (χ1n) is 17.2. The van der Waals surface area contributed by atoms with E-state index in [1.807, 2.05) is 42.5 Å². The first-order valence-corrected chi connectivity index (χ1v) is 17.2. The van der Waals surface area contributed by atoms with Gasteiger partial charge in [-0.15, -0.1) is 0 Å². The van der Waals surface area contributed by atoms with E-state index in [2.05, 4.69) is 139 Å². The van der Waals surface area contributed by atoms with Crippen molar-refractivity contribution in [2.75, 3.05) is 29.7 Å². The fourth-order valence-corrected chi connectivity index (χ4v) is 6.22. The Balaban J connectivity index is 1.07. The third-order valence-corrected chi connectivity index (χ3v) is 8.92. The number of hydrogen-bond acceptors (Lipinski definition) is 10. The number of carbonyl (C=O) groups excluding carboxylic acids is 2. The molecule has 12 nitrogen and oxygen atoms in total. The van der Waals surface area contributed by atoms with Crippen molar-refractivity contribution in [3.8, 4) is 5.75 Å². The van der Waals surface area contributed by atoms with Crippen LogP contribution in [0.25, 0.3) is 0 Å². The van der Waals surface area contributed by atoms with Crippen molar-refractivity contribution in [2.45, 2.75) is 25.2 Å². The molecule has 53 heavy (non-hydrogen) atoms. The Labute approximate surface area is 307 Å². The van der Waals surface area contributed by atoms with E-state index in [0.29, 0.717) is 19.6 Å². The van der Waals surface area contributed by atoms with E-state index >= 15 is 0 Å². The van der Waals surface area contributed by atoms with Crippen molar-refractivity contribution >= 4 is 29.8 Å². The molecular formula is C41H39N9O3. The van der Waals surface area contributed by atoms with Gasteiger partial charge in [-0.05, 0) is 45.5 Å². The largest absolute Gasteiger partial charge is 0.497 e. The van der Waals surface area contributed by atoms with Crippen LogP contribution in [0, 0.1) is 0 Å². The Morgan fingerprint density at radius 2 is 1.04 bits per heavy atom. The molecule has 1 aliphatic rings. The number of methoxy groups -OCH3 is 1. The normalized spacial score (nSPS) is 12.7. The maximum absolute atomic E-state index is 12.2. The summed E-state index contributed by atoms with van der Waals surface area (Å²) in [6.45, 7) is 1.32. The monoisotopic (exact) mass is 705 g/mol. The maximum Gasteiger partial charge on any atom is 0.343 e. The Bertz CT molecular complexity index is 2040. The quantitative estimate of drug-likeness (QED) is 0.0631. The Hall–Kier alpha value is -6.79. The maximum atomic E-state index is 12.2. The first-order chi connectivity index (χ1) is 26.0. The van der Waals surface area contributed by atoms with Gasteiger partial charge in [-0.2, -0.15) is 15.0 Å². The van der Waals surface area contributed by atoms with E-state index in [1.54, 1.807) is 7.11 Å². The lowest BCUT2D eigenvalue weighted by atomic mass is 9.77. The van der Waals surface area contributed by atoms with Crippen molar-refractivity contribution in [1.29, 1.82) is 0 Å². The van der Waals surface area contributed by atoms with E-state index in [4.69, 9.17) is 4.74 Å². The molecule has 0 aliphatic carbocycles. The fraction of sp³-hybridized carbons (Fsp3) is 0.146. The van der Waals surface area contributed by atoms with E-state index < -0.39 is 17.5 Å². The van der Waals surface area contributed by atoms with Gasteiger partial charge in [0.05, 0.1) is 12.6 Å². The number of benzene rings is 5. The number of hydrogen-bond donors (Lipinski definition) is 5. The number of rotatable bonds is 15. The van der Waals surface area contributed by atoms with Crippen LogP contribution in [-0.4, -0.2) is 45.6 Å². The lowest BCUT2D eigenvalue weighted by Gasteiger charge is -2.37. The second-order valence-corrected chi connectivity index (χ2v) is 12.4. The van der Waals surface area contributed by atoms with Crippen molar-refractivity contribution in [3.63, 3.8) is 0 Å². The smallest absolute Gasteiger partial charge is 0.343 e. The van der Waals surface area contributed by atoms with E-state index in [1.165, 1.54) is 0 Å². The molecule has 12 heteroatoms. The minimum atomic E-state index is -0.583. The first kappa shape index (κ1) is 34.6. The lowest BCUT2D eigenvalue weighted by Crippen LogP contribution is -2.44. The van der Waals surface area contributed by atoms with Gasteiger partial charge in [-0.1, -0.05) is 127 Å². The number of ether oxygens (including phenoxy) is 1. The molecule has 266 valence electrons. The molecule has 0 radical (unpaired) electrons. The summed E-state index contributed by atoms with van der Waals surface area (Å²) in [5, 5.41) is 13.8. The van der Waals surface area contributed by atoms with Crippen LogP contribution in [0.2, 0.25) is 0 Å². The molecule has 2 heterocycles. The summed E-state index contributed by atoms with van der Waals surface area (Å²) in [4.78, 5) is 37.4. The average molecular weight is 706 g/mol. The highest BCUT2D eigenvalue weighted by atomic mass is 16.5. The average Bonchev–Trinajstić information content (AvgIpc) is 3.53. The van der Waals surface area contributed by atoms with Gasteiger partial charge in [-0.25, -0.2) is 9.80 Å². The van der Waals surface area contributed by atoms with Gasteiger partial charge in [0.15, 0.2) is 0 Å². The molecule has 3 amide bonds. The molecule has 5 aromatic carbocycles. The topological polar surface area (TPSA) is 145 Å². The van der Waals surface area contributed by atoms with Crippen LogP contribution < -0.4 is 31.4 Å². The molecule has 1 saturated heterocycles. The minimum Gasteiger partial charge on any atom is -0.497 e. The summed E-state index contributed by atoms with van der Waals surface area (Å²) >= 11 is 0. The number of nitrogens with one attached hydrogen (secondary N) is 5. The zero-order valence-electron chi connectivity index (χ0n) is 29.1. The number of carbonyl (C=O) groups is 2. The molecule has 1 fully saturated rings. The van der Waals surface area contributed by atoms with Crippen LogP contribution in [0.15, 0.2) is 140 Å². The van der Waals surface area contributed by atoms with Gasteiger partial charge in [0, 0.05) is 19.6 Å². The number of imide groups is 1. The van der Waals surface area contributed by atoms with Crippen molar-refractivity contribution < 1.29 is 14.3 Å². The van der Waals surface area contributed by atoms with Crippen molar-refractivity contribution in [1.82, 2.24) is 30.6 Å². The number of hydrazine groups is 1. The molecule has 1 aromatic heterocycles. The number of aromatic nitrogens is 3. The molecule has 7 rings (SSSR count). The molecule has 6 aromatic rings. The molecule has 1 aliphatic heterocycles.